The van der Waals surface area contributed by atoms with Crippen LogP contribution in [0.2, 0.25) is 5.15 Å². The van der Waals surface area contributed by atoms with E-state index >= 15 is 0 Å². The average Bonchev–Trinajstić information content (AvgIpc) is 2.47. The lowest BCUT2D eigenvalue weighted by atomic mass is 10.2. The summed E-state index contributed by atoms with van der Waals surface area (Å²) in [4.78, 5) is 20.2. The number of rotatable bonds is 4. The van der Waals surface area contributed by atoms with Crippen LogP contribution >= 0.6 is 11.6 Å². The molecule has 0 atom stereocenters. The number of carbonyl (C=O) groups is 1. The van der Waals surface area contributed by atoms with Crippen molar-refractivity contribution in [3.8, 4) is 0 Å². The molecule has 7 heteroatoms. The summed E-state index contributed by atoms with van der Waals surface area (Å²) in [5.41, 5.74) is 6.12. The average molecular weight is 335 g/mol. The molecule has 0 radical (unpaired) electrons. The summed E-state index contributed by atoms with van der Waals surface area (Å²) in [5.74, 6) is -0.362. The van der Waals surface area contributed by atoms with Crippen molar-refractivity contribution >= 4 is 29.2 Å². The first-order chi connectivity index (χ1) is 10.8. The van der Waals surface area contributed by atoms with Crippen LogP contribution in [0.4, 0.5) is 11.6 Å². The number of hydrogen-bond acceptors (Lipinski definition) is 6. The third-order valence-electron chi connectivity index (χ3n) is 2.78. The van der Waals surface area contributed by atoms with Gasteiger partial charge < -0.3 is 15.8 Å². The number of anilines is 2. The summed E-state index contributed by atoms with van der Waals surface area (Å²) in [6.45, 7) is 5.78. The van der Waals surface area contributed by atoms with Crippen molar-refractivity contribution in [3.63, 3.8) is 0 Å². The number of ether oxygens (including phenoxy) is 1. The van der Waals surface area contributed by atoms with Gasteiger partial charge in [0.1, 0.15) is 5.60 Å². The molecule has 1 aromatic carbocycles. The largest absolute Gasteiger partial charge is 0.455 e. The van der Waals surface area contributed by atoms with E-state index in [0.717, 1.165) is 5.56 Å². The van der Waals surface area contributed by atoms with Crippen LogP contribution < -0.4 is 11.1 Å². The summed E-state index contributed by atoms with van der Waals surface area (Å²) in [7, 11) is 0. The second-order valence-corrected chi connectivity index (χ2v) is 6.30. The molecule has 0 saturated heterocycles. The van der Waals surface area contributed by atoms with E-state index in [1.807, 2.05) is 30.3 Å². The van der Waals surface area contributed by atoms with Gasteiger partial charge in [-0.2, -0.15) is 0 Å². The molecule has 122 valence electrons. The Labute approximate surface area is 140 Å². The molecule has 0 saturated carbocycles. The van der Waals surface area contributed by atoms with Crippen molar-refractivity contribution in [1.82, 2.24) is 9.97 Å². The molecule has 3 N–H and O–H groups in total. The van der Waals surface area contributed by atoms with Crippen molar-refractivity contribution in [3.05, 3.63) is 46.7 Å². The fourth-order valence-electron chi connectivity index (χ4n) is 1.80. The van der Waals surface area contributed by atoms with Gasteiger partial charge in [0.05, 0.1) is 0 Å². The predicted molar refractivity (Wildman–Crippen MR) is 90.4 cm³/mol. The van der Waals surface area contributed by atoms with Gasteiger partial charge in [-0.3, -0.25) is 0 Å². The lowest BCUT2D eigenvalue weighted by Gasteiger charge is -2.19. The molecule has 2 aromatic rings. The van der Waals surface area contributed by atoms with Gasteiger partial charge >= 0.3 is 5.97 Å². The molecule has 0 amide bonds. The maximum Gasteiger partial charge on any atom is 0.361 e. The highest BCUT2D eigenvalue weighted by molar-refractivity contribution is 6.31. The molecule has 0 fully saturated rings. The van der Waals surface area contributed by atoms with Gasteiger partial charge in [-0.1, -0.05) is 41.9 Å². The topological polar surface area (TPSA) is 90.1 Å². The van der Waals surface area contributed by atoms with Crippen LogP contribution in [0.5, 0.6) is 0 Å². The number of nitrogens with one attached hydrogen (secondary N) is 1. The Morgan fingerprint density at radius 1 is 1.26 bits per heavy atom. The first-order valence-electron chi connectivity index (χ1n) is 7.10. The van der Waals surface area contributed by atoms with E-state index < -0.39 is 11.6 Å². The van der Waals surface area contributed by atoms with Crippen LogP contribution in [-0.2, 0) is 11.3 Å². The Morgan fingerprint density at radius 3 is 2.52 bits per heavy atom. The van der Waals surface area contributed by atoms with E-state index in [0.29, 0.717) is 12.4 Å². The highest BCUT2D eigenvalue weighted by Gasteiger charge is 2.23. The number of nitrogen functional groups attached to an aromatic ring is 1. The number of nitrogens with two attached hydrogens (primary N) is 1. The zero-order valence-electron chi connectivity index (χ0n) is 13.3. The second-order valence-electron chi connectivity index (χ2n) is 5.94. The summed E-state index contributed by atoms with van der Waals surface area (Å²) in [6.07, 6.45) is 0. The van der Waals surface area contributed by atoms with Crippen LogP contribution in [0.25, 0.3) is 0 Å². The minimum absolute atomic E-state index is 0.0285. The molecule has 0 aliphatic rings. The molecular formula is C16H19ClN4O2. The quantitative estimate of drug-likeness (QED) is 0.834. The van der Waals surface area contributed by atoms with Gasteiger partial charge in [-0.15, -0.1) is 0 Å². The van der Waals surface area contributed by atoms with Crippen molar-refractivity contribution in [2.75, 3.05) is 11.1 Å². The molecule has 0 spiro atoms. The maximum absolute atomic E-state index is 12.0. The van der Waals surface area contributed by atoms with Gasteiger partial charge in [-0.25, -0.2) is 14.8 Å². The van der Waals surface area contributed by atoms with Crippen LogP contribution in [0.15, 0.2) is 30.3 Å². The summed E-state index contributed by atoms with van der Waals surface area (Å²) in [5, 5.41) is 3.11. The Balaban J connectivity index is 2.15. The van der Waals surface area contributed by atoms with Crippen molar-refractivity contribution in [2.45, 2.75) is 32.9 Å². The molecule has 0 unspecified atom stereocenters. The molecule has 0 aliphatic heterocycles. The highest BCUT2D eigenvalue weighted by Crippen LogP contribution is 2.23. The van der Waals surface area contributed by atoms with Crippen LogP contribution in [-0.4, -0.2) is 21.5 Å². The summed E-state index contributed by atoms with van der Waals surface area (Å²) < 4.78 is 5.23. The fraction of sp³-hybridized carbons (Fsp3) is 0.312. The van der Waals surface area contributed by atoms with Gasteiger partial charge in [0, 0.05) is 6.54 Å². The standard InChI is InChI=1S/C16H19ClN4O2/c1-16(2,3)23-15(22)11-13(18)21-14(12(17)20-11)19-9-10-7-5-4-6-8-10/h4-8H,9H2,1-3H3,(H3,18,19,21). The van der Waals surface area contributed by atoms with Gasteiger partial charge in [-0.05, 0) is 26.3 Å². The first-order valence-corrected chi connectivity index (χ1v) is 7.48. The molecule has 2 rings (SSSR count). The Hall–Kier alpha value is -2.34. The Kier molecular flexibility index (Phi) is 5.05. The van der Waals surface area contributed by atoms with Gasteiger partial charge in [0.15, 0.2) is 22.5 Å². The van der Waals surface area contributed by atoms with Gasteiger partial charge in [0.25, 0.3) is 0 Å². The monoisotopic (exact) mass is 334 g/mol. The molecule has 0 aliphatic carbocycles. The summed E-state index contributed by atoms with van der Waals surface area (Å²) >= 11 is 6.08. The number of carbonyl (C=O) groups excluding carboxylic acids is 1. The first kappa shape index (κ1) is 17.0. The number of aromatic nitrogens is 2. The lowest BCUT2D eigenvalue weighted by molar-refractivity contribution is 0.00639. The zero-order chi connectivity index (χ0) is 17.0. The highest BCUT2D eigenvalue weighted by atomic mass is 35.5. The third kappa shape index (κ3) is 4.82. The summed E-state index contributed by atoms with van der Waals surface area (Å²) in [6, 6.07) is 9.73. The maximum atomic E-state index is 12.0. The number of halogens is 1. The fourth-order valence-corrected chi connectivity index (χ4v) is 1.99. The minimum Gasteiger partial charge on any atom is -0.455 e. The van der Waals surface area contributed by atoms with Crippen LogP contribution in [0, 0.1) is 0 Å². The lowest BCUT2D eigenvalue weighted by Crippen LogP contribution is -2.25. The van der Waals surface area contributed by atoms with Crippen molar-refractivity contribution in [1.29, 1.82) is 0 Å². The molecule has 1 heterocycles. The van der Waals surface area contributed by atoms with Crippen molar-refractivity contribution in [2.24, 2.45) is 0 Å². The molecule has 6 nitrogen and oxygen atoms in total. The number of hydrogen-bond donors (Lipinski definition) is 2. The van der Waals surface area contributed by atoms with E-state index in [1.165, 1.54) is 0 Å². The van der Waals surface area contributed by atoms with Gasteiger partial charge in [0.2, 0.25) is 0 Å². The number of benzene rings is 1. The normalized spacial score (nSPS) is 11.1. The minimum atomic E-state index is -0.654. The SMILES string of the molecule is CC(C)(C)OC(=O)c1nc(Cl)c(NCc2ccccc2)nc1N. The Bertz CT molecular complexity index is 699. The van der Waals surface area contributed by atoms with E-state index in [9.17, 15) is 4.79 Å². The second kappa shape index (κ2) is 6.83. The molecule has 23 heavy (non-hydrogen) atoms. The number of esters is 1. The predicted octanol–water partition coefficient (Wildman–Crippen LogP) is 3.28. The Morgan fingerprint density at radius 2 is 1.91 bits per heavy atom. The van der Waals surface area contributed by atoms with Crippen molar-refractivity contribution < 1.29 is 9.53 Å². The van der Waals surface area contributed by atoms with Crippen LogP contribution in [0.1, 0.15) is 36.8 Å². The van der Waals surface area contributed by atoms with E-state index in [1.54, 1.807) is 20.8 Å². The van der Waals surface area contributed by atoms with E-state index in [4.69, 9.17) is 22.1 Å². The smallest absolute Gasteiger partial charge is 0.361 e. The molecule has 1 aromatic heterocycles. The van der Waals surface area contributed by atoms with E-state index in [2.05, 4.69) is 15.3 Å². The van der Waals surface area contributed by atoms with Crippen LogP contribution in [0.3, 0.4) is 0 Å². The third-order valence-corrected chi connectivity index (χ3v) is 3.04. The zero-order valence-corrected chi connectivity index (χ0v) is 14.0. The molecular weight excluding hydrogens is 316 g/mol. The van der Waals surface area contributed by atoms with E-state index in [-0.39, 0.29) is 16.7 Å². The number of nitrogens with zero attached hydrogens (tertiary/aromatic N) is 2. The molecule has 0 bridgehead atoms.